The Morgan fingerprint density at radius 1 is 1.10 bits per heavy atom. The standard InChI is InChI=1S/C15H24N4O2/c1-11-8-16-15(19-7-3-5-13(19)10-21)17-14(11)18-6-2-4-12(18)9-20/h8,12-13,20-21H,2-7,9-10H2,1H3. The molecule has 1 aromatic rings. The first-order chi connectivity index (χ1) is 10.2. The molecule has 2 unspecified atom stereocenters. The third-order valence-corrected chi connectivity index (χ3v) is 4.64. The fraction of sp³-hybridized carbons (Fsp3) is 0.733. The number of aliphatic hydroxyl groups is 2. The molecule has 0 bridgehead atoms. The Morgan fingerprint density at radius 3 is 2.38 bits per heavy atom. The Morgan fingerprint density at radius 2 is 1.71 bits per heavy atom. The molecule has 2 aliphatic heterocycles. The molecule has 1 aromatic heterocycles. The summed E-state index contributed by atoms with van der Waals surface area (Å²) >= 11 is 0. The molecule has 3 heterocycles. The van der Waals surface area contributed by atoms with Gasteiger partial charge in [-0.05, 0) is 32.6 Å². The van der Waals surface area contributed by atoms with Gasteiger partial charge >= 0.3 is 0 Å². The summed E-state index contributed by atoms with van der Waals surface area (Å²) in [5.41, 5.74) is 1.04. The van der Waals surface area contributed by atoms with Gasteiger partial charge in [0.15, 0.2) is 0 Å². The largest absolute Gasteiger partial charge is 0.394 e. The highest BCUT2D eigenvalue weighted by Gasteiger charge is 2.29. The molecular formula is C15H24N4O2. The molecule has 2 aliphatic rings. The van der Waals surface area contributed by atoms with E-state index in [-0.39, 0.29) is 25.3 Å². The molecule has 0 aliphatic carbocycles. The summed E-state index contributed by atoms with van der Waals surface area (Å²) in [4.78, 5) is 13.5. The summed E-state index contributed by atoms with van der Waals surface area (Å²) in [6.45, 7) is 4.17. The number of hydrogen-bond acceptors (Lipinski definition) is 6. The van der Waals surface area contributed by atoms with E-state index >= 15 is 0 Å². The second-order valence-corrected chi connectivity index (χ2v) is 6.02. The SMILES string of the molecule is Cc1cnc(N2CCCC2CO)nc1N1CCCC1CO. The van der Waals surface area contributed by atoms with Crippen LogP contribution in [0.25, 0.3) is 0 Å². The molecule has 2 saturated heterocycles. The average Bonchev–Trinajstić information content (AvgIpc) is 3.16. The molecule has 6 nitrogen and oxygen atoms in total. The molecule has 0 saturated carbocycles. The van der Waals surface area contributed by atoms with Crippen molar-refractivity contribution in [3.8, 4) is 0 Å². The lowest BCUT2D eigenvalue weighted by molar-refractivity contribution is 0.265. The van der Waals surface area contributed by atoms with Crippen molar-refractivity contribution >= 4 is 11.8 Å². The van der Waals surface area contributed by atoms with Crippen LogP contribution < -0.4 is 9.80 Å². The van der Waals surface area contributed by atoms with Crippen molar-refractivity contribution in [2.24, 2.45) is 0 Å². The zero-order valence-electron chi connectivity index (χ0n) is 12.6. The number of rotatable bonds is 4. The molecule has 2 N–H and O–H groups in total. The first-order valence-corrected chi connectivity index (χ1v) is 7.83. The maximum Gasteiger partial charge on any atom is 0.227 e. The highest BCUT2D eigenvalue weighted by molar-refractivity contribution is 5.52. The van der Waals surface area contributed by atoms with Crippen molar-refractivity contribution < 1.29 is 10.2 Å². The molecule has 21 heavy (non-hydrogen) atoms. The van der Waals surface area contributed by atoms with Crippen LogP contribution in [0.5, 0.6) is 0 Å². The first-order valence-electron chi connectivity index (χ1n) is 7.83. The number of aromatic nitrogens is 2. The van der Waals surface area contributed by atoms with Gasteiger partial charge < -0.3 is 20.0 Å². The Balaban J connectivity index is 1.89. The topological polar surface area (TPSA) is 72.7 Å². The van der Waals surface area contributed by atoms with Gasteiger partial charge in [0.05, 0.1) is 25.3 Å². The fourth-order valence-corrected chi connectivity index (χ4v) is 3.45. The first kappa shape index (κ1) is 14.5. The van der Waals surface area contributed by atoms with Crippen LogP contribution >= 0.6 is 0 Å². The summed E-state index contributed by atoms with van der Waals surface area (Å²) in [7, 11) is 0. The van der Waals surface area contributed by atoms with Crippen molar-refractivity contribution in [3.05, 3.63) is 11.8 Å². The van der Waals surface area contributed by atoms with E-state index in [1.54, 1.807) is 0 Å². The van der Waals surface area contributed by atoms with Crippen LogP contribution in [-0.2, 0) is 0 Å². The molecule has 6 heteroatoms. The van der Waals surface area contributed by atoms with Gasteiger partial charge in [-0.25, -0.2) is 4.98 Å². The third kappa shape index (κ3) is 2.70. The normalized spacial score (nSPS) is 25.9. The molecule has 0 radical (unpaired) electrons. The lowest BCUT2D eigenvalue weighted by atomic mass is 10.2. The molecule has 0 amide bonds. The van der Waals surface area contributed by atoms with E-state index in [0.29, 0.717) is 5.95 Å². The zero-order chi connectivity index (χ0) is 14.8. The highest BCUT2D eigenvalue weighted by atomic mass is 16.3. The van der Waals surface area contributed by atoms with Gasteiger partial charge in [-0.15, -0.1) is 0 Å². The van der Waals surface area contributed by atoms with Gasteiger partial charge in [0.25, 0.3) is 0 Å². The lowest BCUT2D eigenvalue weighted by Gasteiger charge is -2.28. The maximum atomic E-state index is 9.52. The Kier molecular flexibility index (Phi) is 4.26. The van der Waals surface area contributed by atoms with Crippen LogP contribution in [-0.4, -0.2) is 58.6 Å². The number of nitrogens with zero attached hydrogens (tertiary/aromatic N) is 4. The smallest absolute Gasteiger partial charge is 0.227 e. The summed E-state index contributed by atoms with van der Waals surface area (Å²) < 4.78 is 0. The molecule has 3 rings (SSSR count). The van der Waals surface area contributed by atoms with Gasteiger partial charge in [-0.3, -0.25) is 0 Å². The van der Waals surface area contributed by atoms with Crippen LogP contribution in [0, 0.1) is 6.92 Å². The number of hydrogen-bond donors (Lipinski definition) is 2. The van der Waals surface area contributed by atoms with Crippen LogP contribution in [0.15, 0.2) is 6.20 Å². The number of anilines is 2. The van der Waals surface area contributed by atoms with Crippen molar-refractivity contribution in [1.82, 2.24) is 9.97 Å². The van der Waals surface area contributed by atoms with E-state index in [1.807, 2.05) is 13.1 Å². The lowest BCUT2D eigenvalue weighted by Crippen LogP contribution is -2.36. The van der Waals surface area contributed by atoms with E-state index in [0.717, 1.165) is 50.2 Å². The van der Waals surface area contributed by atoms with E-state index in [4.69, 9.17) is 4.98 Å². The Hall–Kier alpha value is -1.40. The minimum absolute atomic E-state index is 0.132. The second-order valence-electron chi connectivity index (χ2n) is 6.02. The molecular weight excluding hydrogens is 268 g/mol. The minimum Gasteiger partial charge on any atom is -0.394 e. The number of aryl methyl sites for hydroxylation is 1. The number of aliphatic hydroxyl groups excluding tert-OH is 2. The van der Waals surface area contributed by atoms with E-state index < -0.39 is 0 Å². The zero-order valence-corrected chi connectivity index (χ0v) is 12.6. The van der Waals surface area contributed by atoms with E-state index in [2.05, 4.69) is 14.8 Å². The van der Waals surface area contributed by atoms with E-state index in [1.165, 1.54) is 0 Å². The Labute approximate surface area is 125 Å². The average molecular weight is 292 g/mol. The van der Waals surface area contributed by atoms with Gasteiger partial charge in [0, 0.05) is 24.8 Å². The van der Waals surface area contributed by atoms with Crippen LogP contribution in [0.3, 0.4) is 0 Å². The van der Waals surface area contributed by atoms with Gasteiger partial charge in [-0.1, -0.05) is 0 Å². The molecule has 116 valence electrons. The summed E-state index contributed by atoms with van der Waals surface area (Å²) in [5.74, 6) is 1.64. The Bertz CT molecular complexity index is 497. The maximum absolute atomic E-state index is 9.52. The summed E-state index contributed by atoms with van der Waals surface area (Å²) in [6.07, 6.45) is 6.02. The van der Waals surface area contributed by atoms with Crippen LogP contribution in [0.1, 0.15) is 31.2 Å². The van der Waals surface area contributed by atoms with Crippen LogP contribution in [0.2, 0.25) is 0 Å². The molecule has 0 aromatic carbocycles. The molecule has 2 fully saturated rings. The molecule has 2 atom stereocenters. The quantitative estimate of drug-likeness (QED) is 0.851. The molecule has 0 spiro atoms. The van der Waals surface area contributed by atoms with Gasteiger partial charge in [0.2, 0.25) is 5.95 Å². The van der Waals surface area contributed by atoms with Gasteiger partial charge in [0.1, 0.15) is 5.82 Å². The third-order valence-electron chi connectivity index (χ3n) is 4.64. The monoisotopic (exact) mass is 292 g/mol. The van der Waals surface area contributed by atoms with Crippen LogP contribution in [0.4, 0.5) is 11.8 Å². The van der Waals surface area contributed by atoms with Crippen molar-refractivity contribution in [3.63, 3.8) is 0 Å². The second kappa shape index (κ2) is 6.15. The highest BCUT2D eigenvalue weighted by Crippen LogP contribution is 2.29. The summed E-state index contributed by atoms with van der Waals surface area (Å²) in [6, 6.07) is 0.298. The van der Waals surface area contributed by atoms with Crippen molar-refractivity contribution in [2.45, 2.75) is 44.7 Å². The van der Waals surface area contributed by atoms with Crippen molar-refractivity contribution in [1.29, 1.82) is 0 Å². The predicted molar refractivity (Wildman–Crippen MR) is 81.7 cm³/mol. The fourth-order valence-electron chi connectivity index (χ4n) is 3.45. The minimum atomic E-state index is 0.132. The summed E-state index contributed by atoms with van der Waals surface area (Å²) in [5, 5.41) is 19.0. The van der Waals surface area contributed by atoms with E-state index in [9.17, 15) is 10.2 Å². The predicted octanol–water partition coefficient (Wildman–Crippen LogP) is 0.707. The van der Waals surface area contributed by atoms with Gasteiger partial charge in [-0.2, -0.15) is 4.98 Å². The van der Waals surface area contributed by atoms with Crippen molar-refractivity contribution in [2.75, 3.05) is 36.1 Å².